The number of amides is 1. The van der Waals surface area contributed by atoms with E-state index in [0.29, 0.717) is 18.8 Å². The summed E-state index contributed by atoms with van der Waals surface area (Å²) < 4.78 is 11.0. The van der Waals surface area contributed by atoms with Crippen LogP contribution in [0.4, 0.5) is 0 Å². The van der Waals surface area contributed by atoms with Crippen molar-refractivity contribution in [3.63, 3.8) is 0 Å². The lowest BCUT2D eigenvalue weighted by Crippen LogP contribution is -2.32. The molecule has 0 saturated carbocycles. The van der Waals surface area contributed by atoms with E-state index >= 15 is 0 Å². The van der Waals surface area contributed by atoms with Crippen molar-refractivity contribution < 1.29 is 14.3 Å². The first-order chi connectivity index (χ1) is 11.2. The normalized spacial score (nSPS) is 17.1. The van der Waals surface area contributed by atoms with E-state index < -0.39 is 0 Å². The van der Waals surface area contributed by atoms with Gasteiger partial charge in [-0.15, -0.1) is 0 Å². The van der Waals surface area contributed by atoms with Crippen LogP contribution < -0.4 is 9.47 Å². The van der Waals surface area contributed by atoms with Gasteiger partial charge in [-0.25, -0.2) is 4.98 Å². The summed E-state index contributed by atoms with van der Waals surface area (Å²) in [5, 5.41) is 0. The van der Waals surface area contributed by atoms with E-state index in [1.807, 2.05) is 47.4 Å². The van der Waals surface area contributed by atoms with Crippen LogP contribution in [0, 0.1) is 0 Å². The lowest BCUT2D eigenvalue weighted by Gasteiger charge is -2.17. The Morgan fingerprint density at radius 2 is 2.22 bits per heavy atom. The predicted molar refractivity (Wildman–Crippen MR) is 86.5 cm³/mol. The molecule has 5 nitrogen and oxygen atoms in total. The summed E-state index contributed by atoms with van der Waals surface area (Å²) in [5.41, 5.74) is 0.962. The van der Waals surface area contributed by atoms with Gasteiger partial charge < -0.3 is 14.4 Å². The summed E-state index contributed by atoms with van der Waals surface area (Å²) in [6.45, 7) is 1.33. The fourth-order valence-corrected chi connectivity index (χ4v) is 2.71. The Morgan fingerprint density at radius 1 is 1.30 bits per heavy atom. The summed E-state index contributed by atoms with van der Waals surface area (Å²) in [7, 11) is 1.63. The van der Waals surface area contributed by atoms with Crippen molar-refractivity contribution in [2.45, 2.75) is 18.9 Å². The third kappa shape index (κ3) is 4.00. The summed E-state index contributed by atoms with van der Waals surface area (Å²) in [6.07, 6.45) is 2.93. The molecule has 23 heavy (non-hydrogen) atoms. The Kier molecular flexibility index (Phi) is 4.76. The number of benzene rings is 1. The number of likely N-dealkylation sites (tertiary alicyclic amines) is 1. The van der Waals surface area contributed by atoms with Gasteiger partial charge in [-0.2, -0.15) is 0 Å². The molecule has 1 amide bonds. The molecule has 2 heterocycles. The van der Waals surface area contributed by atoms with Crippen molar-refractivity contribution in [3.8, 4) is 11.6 Å². The summed E-state index contributed by atoms with van der Waals surface area (Å²) >= 11 is 0. The van der Waals surface area contributed by atoms with Gasteiger partial charge in [-0.1, -0.05) is 18.2 Å². The van der Waals surface area contributed by atoms with Crippen molar-refractivity contribution in [2.75, 3.05) is 20.2 Å². The molecule has 0 bridgehead atoms. The molecule has 1 aliphatic rings. The van der Waals surface area contributed by atoms with Crippen LogP contribution in [-0.2, 0) is 11.2 Å². The smallest absolute Gasteiger partial charge is 0.227 e. The molecule has 0 N–H and O–H groups in total. The first kappa shape index (κ1) is 15.3. The molecule has 3 rings (SSSR count). The van der Waals surface area contributed by atoms with E-state index in [1.165, 1.54) is 0 Å². The van der Waals surface area contributed by atoms with Crippen LogP contribution in [0.1, 0.15) is 12.0 Å². The predicted octanol–water partition coefficient (Wildman–Crippen LogP) is 2.31. The molecule has 1 aromatic carbocycles. The van der Waals surface area contributed by atoms with Gasteiger partial charge >= 0.3 is 0 Å². The zero-order chi connectivity index (χ0) is 16.1. The average Bonchev–Trinajstić information content (AvgIpc) is 3.04. The van der Waals surface area contributed by atoms with Crippen molar-refractivity contribution in [3.05, 3.63) is 54.2 Å². The van der Waals surface area contributed by atoms with Crippen LogP contribution in [0.2, 0.25) is 0 Å². The van der Waals surface area contributed by atoms with Crippen LogP contribution in [0.5, 0.6) is 11.6 Å². The number of carbonyl (C=O) groups excluding carboxylic acids is 1. The number of aromatic nitrogens is 1. The van der Waals surface area contributed by atoms with Crippen molar-refractivity contribution in [1.82, 2.24) is 9.88 Å². The quantitative estimate of drug-likeness (QED) is 0.850. The van der Waals surface area contributed by atoms with E-state index in [2.05, 4.69) is 4.98 Å². The maximum absolute atomic E-state index is 12.4. The molecule has 2 aromatic rings. The largest absolute Gasteiger partial charge is 0.497 e. The van der Waals surface area contributed by atoms with Crippen LogP contribution in [0.3, 0.4) is 0 Å². The maximum atomic E-state index is 12.4. The van der Waals surface area contributed by atoms with Crippen LogP contribution in [0.25, 0.3) is 0 Å². The van der Waals surface area contributed by atoms with Crippen LogP contribution in [-0.4, -0.2) is 42.1 Å². The molecule has 1 atom stereocenters. The minimum absolute atomic E-state index is 0.0131. The second-order valence-corrected chi connectivity index (χ2v) is 5.56. The van der Waals surface area contributed by atoms with E-state index in [4.69, 9.17) is 9.47 Å². The first-order valence-corrected chi connectivity index (χ1v) is 7.73. The number of hydrogen-bond donors (Lipinski definition) is 0. The fourth-order valence-electron chi connectivity index (χ4n) is 2.71. The molecule has 1 aromatic heterocycles. The zero-order valence-electron chi connectivity index (χ0n) is 13.1. The molecule has 120 valence electrons. The van der Waals surface area contributed by atoms with Crippen LogP contribution >= 0.6 is 0 Å². The molecule has 1 unspecified atom stereocenters. The maximum Gasteiger partial charge on any atom is 0.227 e. The lowest BCUT2D eigenvalue weighted by molar-refractivity contribution is -0.129. The van der Waals surface area contributed by atoms with Gasteiger partial charge in [0.2, 0.25) is 11.8 Å². The number of rotatable bonds is 5. The highest BCUT2D eigenvalue weighted by Gasteiger charge is 2.27. The molecular formula is C18H20N2O3. The molecule has 0 spiro atoms. The Morgan fingerprint density at radius 3 is 3.00 bits per heavy atom. The van der Waals surface area contributed by atoms with Gasteiger partial charge in [0, 0.05) is 25.2 Å². The molecule has 5 heteroatoms. The van der Waals surface area contributed by atoms with Crippen LogP contribution in [0.15, 0.2) is 48.7 Å². The average molecular weight is 312 g/mol. The first-order valence-electron chi connectivity index (χ1n) is 7.73. The molecular weight excluding hydrogens is 292 g/mol. The van der Waals surface area contributed by atoms with Gasteiger partial charge in [0.25, 0.3) is 0 Å². The molecule has 0 aliphatic carbocycles. The Hall–Kier alpha value is -2.56. The molecule has 1 aliphatic heterocycles. The number of nitrogens with zero attached hydrogens (tertiary/aromatic N) is 2. The third-order valence-electron chi connectivity index (χ3n) is 3.91. The fraction of sp³-hybridized carbons (Fsp3) is 0.333. The van der Waals surface area contributed by atoms with E-state index in [-0.39, 0.29) is 12.0 Å². The van der Waals surface area contributed by atoms with E-state index in [0.717, 1.165) is 24.3 Å². The summed E-state index contributed by atoms with van der Waals surface area (Å²) in [6, 6.07) is 13.2. The number of methoxy groups -OCH3 is 1. The SMILES string of the molecule is COc1cccc(CC(=O)N2CCC(Oc3ccccn3)C2)c1. The second kappa shape index (κ2) is 7.13. The number of ether oxygens (including phenoxy) is 2. The third-order valence-corrected chi connectivity index (χ3v) is 3.91. The second-order valence-electron chi connectivity index (χ2n) is 5.56. The van der Waals surface area contributed by atoms with E-state index in [9.17, 15) is 4.79 Å². The molecule has 1 fully saturated rings. The summed E-state index contributed by atoms with van der Waals surface area (Å²) in [5.74, 6) is 1.50. The topological polar surface area (TPSA) is 51.7 Å². The Bertz CT molecular complexity index is 660. The number of carbonyl (C=O) groups is 1. The van der Waals surface area contributed by atoms with Gasteiger partial charge in [0.05, 0.1) is 20.1 Å². The van der Waals surface area contributed by atoms with Gasteiger partial charge in [0.1, 0.15) is 11.9 Å². The lowest BCUT2D eigenvalue weighted by atomic mass is 10.1. The highest BCUT2D eigenvalue weighted by molar-refractivity contribution is 5.79. The summed E-state index contributed by atoms with van der Waals surface area (Å²) in [4.78, 5) is 18.4. The minimum atomic E-state index is 0.0131. The molecule has 1 saturated heterocycles. The van der Waals surface area contributed by atoms with Gasteiger partial charge in [-0.3, -0.25) is 4.79 Å². The highest BCUT2D eigenvalue weighted by atomic mass is 16.5. The number of pyridine rings is 1. The van der Waals surface area contributed by atoms with Crippen molar-refractivity contribution >= 4 is 5.91 Å². The highest BCUT2D eigenvalue weighted by Crippen LogP contribution is 2.18. The monoisotopic (exact) mass is 312 g/mol. The Labute approximate surface area is 135 Å². The Balaban J connectivity index is 1.55. The van der Waals surface area contributed by atoms with Crippen molar-refractivity contribution in [2.24, 2.45) is 0 Å². The number of hydrogen-bond acceptors (Lipinski definition) is 4. The molecule has 0 radical (unpaired) electrons. The zero-order valence-corrected chi connectivity index (χ0v) is 13.1. The minimum Gasteiger partial charge on any atom is -0.497 e. The van der Waals surface area contributed by atoms with E-state index in [1.54, 1.807) is 13.3 Å². The van der Waals surface area contributed by atoms with Gasteiger partial charge in [-0.05, 0) is 23.8 Å². The standard InChI is InChI=1S/C18H20N2O3/c1-22-15-6-4-5-14(11-15)12-18(21)20-10-8-16(13-20)23-17-7-2-3-9-19-17/h2-7,9,11,16H,8,10,12-13H2,1H3. The van der Waals surface area contributed by atoms with Crippen molar-refractivity contribution in [1.29, 1.82) is 0 Å². The van der Waals surface area contributed by atoms with Gasteiger partial charge in [0.15, 0.2) is 0 Å².